The molecule has 0 radical (unpaired) electrons. The lowest BCUT2D eigenvalue weighted by atomic mass is 10.2. The Morgan fingerprint density at radius 1 is 1.56 bits per heavy atom. The van der Waals surface area contributed by atoms with Crippen LogP contribution in [0.3, 0.4) is 0 Å². The van der Waals surface area contributed by atoms with Gasteiger partial charge in [0.15, 0.2) is 5.82 Å². The Kier molecular flexibility index (Phi) is 3.28. The van der Waals surface area contributed by atoms with Crippen molar-refractivity contribution in [1.82, 2.24) is 0 Å². The van der Waals surface area contributed by atoms with Gasteiger partial charge in [-0.2, -0.15) is 4.99 Å². The van der Waals surface area contributed by atoms with Crippen molar-refractivity contribution < 1.29 is 4.39 Å². The lowest BCUT2D eigenvalue weighted by Gasteiger charge is -2.23. The SMILES string of the molecule is CC(C)N1CSc2cc(F)c(N=C=S)cc21. The van der Waals surface area contributed by atoms with Crippen LogP contribution < -0.4 is 4.90 Å². The Balaban J connectivity index is 2.50. The van der Waals surface area contributed by atoms with Crippen LogP contribution in [0.1, 0.15) is 13.8 Å². The third-order valence-electron chi connectivity index (χ3n) is 2.49. The first-order chi connectivity index (χ1) is 7.63. The second-order valence-electron chi connectivity index (χ2n) is 3.81. The molecule has 0 saturated heterocycles. The minimum atomic E-state index is -0.339. The number of thioether (sulfide) groups is 1. The summed E-state index contributed by atoms with van der Waals surface area (Å²) in [6, 6.07) is 3.65. The largest absolute Gasteiger partial charge is 0.359 e. The summed E-state index contributed by atoms with van der Waals surface area (Å²) in [6.07, 6.45) is 0. The van der Waals surface area contributed by atoms with Crippen LogP contribution in [0.5, 0.6) is 0 Å². The van der Waals surface area contributed by atoms with Crippen LogP contribution in [0.2, 0.25) is 0 Å². The normalized spacial score (nSPS) is 13.9. The van der Waals surface area contributed by atoms with Gasteiger partial charge < -0.3 is 4.90 Å². The molecule has 0 spiro atoms. The third-order valence-corrected chi connectivity index (χ3v) is 3.62. The molecule has 1 aliphatic rings. The lowest BCUT2D eigenvalue weighted by Crippen LogP contribution is -2.27. The predicted octanol–water partition coefficient (Wildman–Crippen LogP) is 3.84. The number of rotatable bonds is 2. The quantitative estimate of drug-likeness (QED) is 0.589. The number of thiocarbonyl (C=S) groups is 1. The summed E-state index contributed by atoms with van der Waals surface area (Å²) >= 11 is 6.14. The Morgan fingerprint density at radius 2 is 2.31 bits per heavy atom. The van der Waals surface area contributed by atoms with Crippen molar-refractivity contribution in [2.24, 2.45) is 4.99 Å². The number of benzene rings is 1. The third kappa shape index (κ3) is 1.98. The molecule has 0 N–H and O–H groups in total. The van der Waals surface area contributed by atoms with Crippen LogP contribution in [0.25, 0.3) is 0 Å². The predicted molar refractivity (Wildman–Crippen MR) is 69.4 cm³/mol. The highest BCUT2D eigenvalue weighted by Gasteiger charge is 2.23. The molecule has 2 nitrogen and oxygen atoms in total. The first-order valence-electron chi connectivity index (χ1n) is 4.94. The van der Waals surface area contributed by atoms with Crippen molar-refractivity contribution in [3.05, 3.63) is 17.9 Å². The topological polar surface area (TPSA) is 15.6 Å². The molecule has 0 bridgehead atoms. The zero-order valence-electron chi connectivity index (χ0n) is 9.03. The van der Waals surface area contributed by atoms with Gasteiger partial charge in [-0.05, 0) is 38.2 Å². The smallest absolute Gasteiger partial charge is 0.150 e. The molecule has 0 atom stereocenters. The average molecular weight is 254 g/mol. The second kappa shape index (κ2) is 4.53. The van der Waals surface area contributed by atoms with E-state index in [0.717, 1.165) is 16.5 Å². The van der Waals surface area contributed by atoms with Gasteiger partial charge in [0.1, 0.15) is 5.69 Å². The number of fused-ring (bicyclic) bond motifs is 1. The second-order valence-corrected chi connectivity index (χ2v) is 4.98. The average Bonchev–Trinajstić information content (AvgIpc) is 2.61. The molecule has 0 fully saturated rings. The standard InChI is InChI=1S/C11H11FN2S2/c1-7(2)14-6-16-11-3-8(12)9(13-5-15)4-10(11)14/h3-4,7H,6H2,1-2H3. The number of nitrogens with zero attached hydrogens (tertiary/aromatic N) is 2. The maximum Gasteiger partial charge on any atom is 0.150 e. The number of halogens is 1. The van der Waals surface area contributed by atoms with Gasteiger partial charge in [0.25, 0.3) is 0 Å². The monoisotopic (exact) mass is 254 g/mol. The highest BCUT2D eigenvalue weighted by Crippen LogP contribution is 2.42. The first kappa shape index (κ1) is 11.6. The fourth-order valence-corrected chi connectivity index (χ4v) is 2.97. The molecule has 5 heteroatoms. The molecular weight excluding hydrogens is 243 g/mol. The van der Waals surface area contributed by atoms with E-state index in [9.17, 15) is 4.39 Å². The van der Waals surface area contributed by atoms with Crippen LogP contribution in [-0.2, 0) is 0 Å². The molecular formula is C11H11FN2S2. The van der Waals surface area contributed by atoms with E-state index in [-0.39, 0.29) is 11.5 Å². The Bertz CT molecular complexity index is 467. The van der Waals surface area contributed by atoms with Gasteiger partial charge in [-0.15, -0.1) is 11.8 Å². The molecule has 0 aliphatic carbocycles. The molecule has 1 aromatic rings. The van der Waals surface area contributed by atoms with E-state index in [1.165, 1.54) is 6.07 Å². The molecule has 2 rings (SSSR count). The summed E-state index contributed by atoms with van der Waals surface area (Å²) in [6.45, 7) is 4.22. The van der Waals surface area contributed by atoms with Crippen LogP contribution in [0, 0.1) is 5.82 Å². The molecule has 16 heavy (non-hydrogen) atoms. The summed E-state index contributed by atoms with van der Waals surface area (Å²) in [5, 5.41) is 2.20. The van der Waals surface area contributed by atoms with Gasteiger partial charge >= 0.3 is 0 Å². The number of hydrogen-bond acceptors (Lipinski definition) is 4. The van der Waals surface area contributed by atoms with E-state index < -0.39 is 0 Å². The van der Waals surface area contributed by atoms with E-state index in [2.05, 4.69) is 41.1 Å². The van der Waals surface area contributed by atoms with Crippen molar-refractivity contribution in [3.8, 4) is 0 Å². The molecule has 0 unspecified atom stereocenters. The van der Waals surface area contributed by atoms with Crippen LogP contribution in [0.4, 0.5) is 15.8 Å². The van der Waals surface area contributed by atoms with Crippen molar-refractivity contribution >= 4 is 40.5 Å². The zero-order chi connectivity index (χ0) is 11.7. The fourth-order valence-electron chi connectivity index (χ4n) is 1.64. The van der Waals surface area contributed by atoms with E-state index in [0.29, 0.717) is 6.04 Å². The van der Waals surface area contributed by atoms with E-state index in [1.54, 1.807) is 17.8 Å². The lowest BCUT2D eigenvalue weighted by molar-refractivity contribution is 0.626. The highest BCUT2D eigenvalue weighted by atomic mass is 32.2. The molecule has 0 saturated carbocycles. The van der Waals surface area contributed by atoms with Gasteiger partial charge in [0, 0.05) is 10.9 Å². The van der Waals surface area contributed by atoms with Gasteiger partial charge in [0.05, 0.1) is 16.7 Å². The van der Waals surface area contributed by atoms with Gasteiger partial charge in [-0.1, -0.05) is 0 Å². The van der Waals surface area contributed by atoms with Crippen LogP contribution in [-0.4, -0.2) is 17.1 Å². The number of isothiocyanates is 1. The summed E-state index contributed by atoms with van der Waals surface area (Å²) in [5.41, 5.74) is 1.30. The molecule has 0 amide bonds. The maximum absolute atomic E-state index is 13.5. The van der Waals surface area contributed by atoms with E-state index in [4.69, 9.17) is 0 Å². The van der Waals surface area contributed by atoms with Gasteiger partial charge in [0.2, 0.25) is 0 Å². The van der Waals surface area contributed by atoms with Crippen molar-refractivity contribution in [1.29, 1.82) is 0 Å². The Morgan fingerprint density at radius 3 is 2.94 bits per heavy atom. The molecule has 1 aromatic carbocycles. The minimum absolute atomic E-state index is 0.266. The first-order valence-corrected chi connectivity index (χ1v) is 6.33. The number of hydrogen-bond donors (Lipinski definition) is 0. The van der Waals surface area contributed by atoms with E-state index >= 15 is 0 Å². The molecule has 0 aromatic heterocycles. The van der Waals surface area contributed by atoms with Crippen molar-refractivity contribution in [2.75, 3.05) is 10.8 Å². The summed E-state index contributed by atoms with van der Waals surface area (Å²) in [5.74, 6) is 0.520. The zero-order valence-corrected chi connectivity index (χ0v) is 10.7. The summed E-state index contributed by atoms with van der Waals surface area (Å²) in [4.78, 5) is 6.91. The Labute approximate surface area is 104 Å². The minimum Gasteiger partial charge on any atom is -0.359 e. The van der Waals surface area contributed by atoms with Crippen LogP contribution in [0.15, 0.2) is 22.0 Å². The Hall–Kier alpha value is -0.900. The van der Waals surface area contributed by atoms with Crippen molar-refractivity contribution in [3.63, 3.8) is 0 Å². The van der Waals surface area contributed by atoms with Crippen molar-refractivity contribution in [2.45, 2.75) is 24.8 Å². The van der Waals surface area contributed by atoms with Gasteiger partial charge in [-0.3, -0.25) is 0 Å². The van der Waals surface area contributed by atoms with Crippen LogP contribution >= 0.6 is 24.0 Å². The highest BCUT2D eigenvalue weighted by molar-refractivity contribution is 7.99. The summed E-state index contributed by atoms with van der Waals surface area (Å²) in [7, 11) is 0. The van der Waals surface area contributed by atoms with Gasteiger partial charge in [-0.25, -0.2) is 4.39 Å². The fraction of sp³-hybridized carbons (Fsp3) is 0.364. The number of anilines is 1. The number of aliphatic imine (C=N–C) groups is 1. The maximum atomic E-state index is 13.5. The molecule has 1 heterocycles. The van der Waals surface area contributed by atoms with E-state index in [1.807, 2.05) is 0 Å². The molecule has 1 aliphatic heterocycles. The summed E-state index contributed by atoms with van der Waals surface area (Å²) < 4.78 is 13.5. The molecule has 84 valence electrons.